The molecule has 0 spiro atoms. The van der Waals surface area contributed by atoms with Crippen LogP contribution in [0, 0.1) is 0 Å². The van der Waals surface area contributed by atoms with Crippen molar-refractivity contribution in [2.24, 2.45) is 0 Å². The molecule has 0 saturated heterocycles. The van der Waals surface area contributed by atoms with Gasteiger partial charge in [0, 0.05) is 19.1 Å². The molecule has 68 valence electrons. The lowest BCUT2D eigenvalue weighted by Crippen LogP contribution is -2.32. The second-order valence-electron chi connectivity index (χ2n) is 3.11. The van der Waals surface area contributed by atoms with Gasteiger partial charge in [0.1, 0.15) is 0 Å². The monoisotopic (exact) mass is 176 g/mol. The molecule has 3 heteroatoms. The van der Waals surface area contributed by atoms with Crippen molar-refractivity contribution in [2.45, 2.75) is 19.9 Å². The Morgan fingerprint density at radius 3 is 2.09 bits per heavy atom. The third-order valence-corrected chi connectivity index (χ3v) is 2.77. The van der Waals surface area contributed by atoms with E-state index in [0.29, 0.717) is 6.04 Å². The van der Waals surface area contributed by atoms with Crippen LogP contribution in [0.4, 0.5) is 0 Å². The molecule has 0 aliphatic rings. The standard InChI is InChI=1S/C8H20N2S/c1-8(2)9(3)6-7-10(4)11-5/h8H,6-7H2,1-5H3. The van der Waals surface area contributed by atoms with Gasteiger partial charge in [-0.25, -0.2) is 0 Å². The van der Waals surface area contributed by atoms with E-state index in [1.807, 2.05) is 0 Å². The molecule has 0 aromatic heterocycles. The predicted molar refractivity (Wildman–Crippen MR) is 53.9 cm³/mol. The zero-order chi connectivity index (χ0) is 8.85. The zero-order valence-corrected chi connectivity index (χ0v) is 9.11. The molecular weight excluding hydrogens is 156 g/mol. The van der Waals surface area contributed by atoms with Crippen LogP contribution in [-0.4, -0.2) is 48.7 Å². The van der Waals surface area contributed by atoms with Crippen LogP contribution in [0.5, 0.6) is 0 Å². The van der Waals surface area contributed by atoms with Gasteiger partial charge in [-0.1, -0.05) is 11.9 Å². The molecule has 0 heterocycles. The van der Waals surface area contributed by atoms with E-state index in [1.165, 1.54) is 0 Å². The van der Waals surface area contributed by atoms with E-state index >= 15 is 0 Å². The van der Waals surface area contributed by atoms with E-state index < -0.39 is 0 Å². The minimum atomic E-state index is 0.658. The molecule has 0 aromatic rings. The fourth-order valence-electron chi connectivity index (χ4n) is 0.648. The summed E-state index contributed by atoms with van der Waals surface area (Å²) in [5.41, 5.74) is 0. The average molecular weight is 176 g/mol. The molecule has 0 atom stereocenters. The predicted octanol–water partition coefficient (Wildman–Crippen LogP) is 1.54. The summed E-state index contributed by atoms with van der Waals surface area (Å²) in [6, 6.07) is 0.658. The van der Waals surface area contributed by atoms with Crippen molar-refractivity contribution in [3.8, 4) is 0 Å². The highest BCUT2D eigenvalue weighted by Crippen LogP contribution is 2.00. The maximum Gasteiger partial charge on any atom is 0.0214 e. The maximum atomic E-state index is 2.35. The topological polar surface area (TPSA) is 6.48 Å². The van der Waals surface area contributed by atoms with Crippen molar-refractivity contribution in [3.63, 3.8) is 0 Å². The van der Waals surface area contributed by atoms with E-state index in [9.17, 15) is 0 Å². The van der Waals surface area contributed by atoms with Gasteiger partial charge in [0.05, 0.1) is 0 Å². The van der Waals surface area contributed by atoms with Crippen LogP contribution in [0.1, 0.15) is 13.8 Å². The Morgan fingerprint density at radius 2 is 1.73 bits per heavy atom. The van der Waals surface area contributed by atoms with Gasteiger partial charge >= 0.3 is 0 Å². The van der Waals surface area contributed by atoms with Crippen molar-refractivity contribution in [1.29, 1.82) is 0 Å². The molecule has 11 heavy (non-hydrogen) atoms. The number of hydrogen-bond donors (Lipinski definition) is 0. The van der Waals surface area contributed by atoms with Gasteiger partial charge in [0.2, 0.25) is 0 Å². The number of hydrogen-bond acceptors (Lipinski definition) is 3. The Morgan fingerprint density at radius 1 is 1.18 bits per heavy atom. The van der Waals surface area contributed by atoms with Gasteiger partial charge in [-0.3, -0.25) is 4.31 Å². The summed E-state index contributed by atoms with van der Waals surface area (Å²) in [6.07, 6.45) is 2.11. The summed E-state index contributed by atoms with van der Waals surface area (Å²) in [4.78, 5) is 2.35. The van der Waals surface area contributed by atoms with E-state index in [2.05, 4.69) is 43.4 Å². The summed E-state index contributed by atoms with van der Waals surface area (Å²) in [5, 5.41) is 0. The van der Waals surface area contributed by atoms with Crippen molar-refractivity contribution in [2.75, 3.05) is 33.4 Å². The zero-order valence-electron chi connectivity index (χ0n) is 8.29. The van der Waals surface area contributed by atoms with Gasteiger partial charge in [0.25, 0.3) is 0 Å². The highest BCUT2D eigenvalue weighted by molar-refractivity contribution is 7.96. The third kappa shape index (κ3) is 5.53. The quantitative estimate of drug-likeness (QED) is 0.587. The Balaban J connectivity index is 3.37. The Labute approximate surface area is 75.1 Å². The van der Waals surface area contributed by atoms with Crippen LogP contribution >= 0.6 is 11.9 Å². The summed E-state index contributed by atoms with van der Waals surface area (Å²) in [7, 11) is 4.29. The van der Waals surface area contributed by atoms with Crippen molar-refractivity contribution >= 4 is 11.9 Å². The molecule has 0 bridgehead atoms. The van der Waals surface area contributed by atoms with E-state index in [4.69, 9.17) is 0 Å². The first-order chi connectivity index (χ1) is 5.07. The molecule has 0 saturated carbocycles. The molecule has 0 aliphatic heterocycles. The third-order valence-electron chi connectivity index (χ3n) is 1.96. The number of rotatable bonds is 5. The smallest absolute Gasteiger partial charge is 0.0214 e. The van der Waals surface area contributed by atoms with Crippen LogP contribution in [-0.2, 0) is 0 Å². The van der Waals surface area contributed by atoms with Crippen molar-refractivity contribution in [1.82, 2.24) is 9.21 Å². The summed E-state index contributed by atoms with van der Waals surface area (Å²) in [5.74, 6) is 0. The SMILES string of the molecule is CSN(C)CCN(C)C(C)C. The summed E-state index contributed by atoms with van der Waals surface area (Å²) < 4.78 is 2.25. The maximum absolute atomic E-state index is 2.35. The molecular formula is C8H20N2S. The first-order valence-electron chi connectivity index (χ1n) is 4.03. The first kappa shape index (κ1) is 11.3. The van der Waals surface area contributed by atoms with E-state index in [1.54, 1.807) is 11.9 Å². The molecule has 0 fully saturated rings. The fraction of sp³-hybridized carbons (Fsp3) is 1.00. The van der Waals surface area contributed by atoms with Crippen LogP contribution in [0.2, 0.25) is 0 Å². The molecule has 0 N–H and O–H groups in total. The molecule has 0 radical (unpaired) electrons. The van der Waals surface area contributed by atoms with Crippen LogP contribution in [0.15, 0.2) is 0 Å². The Bertz CT molecular complexity index is 96.1. The normalized spacial score (nSPS) is 12.0. The summed E-state index contributed by atoms with van der Waals surface area (Å²) >= 11 is 1.79. The average Bonchev–Trinajstić information content (AvgIpc) is 1.99. The molecule has 0 rings (SSSR count). The fourth-order valence-corrected chi connectivity index (χ4v) is 0.912. The van der Waals surface area contributed by atoms with Gasteiger partial charge < -0.3 is 4.90 Å². The molecule has 2 nitrogen and oxygen atoms in total. The Hall–Kier alpha value is 0.270. The van der Waals surface area contributed by atoms with Gasteiger partial charge in [-0.05, 0) is 34.2 Å². The molecule has 0 unspecified atom stereocenters. The molecule has 0 amide bonds. The minimum Gasteiger partial charge on any atom is -0.303 e. The summed E-state index contributed by atoms with van der Waals surface area (Å²) in [6.45, 7) is 6.73. The first-order valence-corrected chi connectivity index (χ1v) is 5.21. The number of nitrogens with zero attached hydrogens (tertiary/aromatic N) is 2. The number of likely N-dealkylation sites (N-methyl/N-ethyl adjacent to an activating group) is 2. The van der Waals surface area contributed by atoms with Crippen molar-refractivity contribution in [3.05, 3.63) is 0 Å². The van der Waals surface area contributed by atoms with Crippen molar-refractivity contribution < 1.29 is 0 Å². The van der Waals surface area contributed by atoms with Crippen LogP contribution in [0.3, 0.4) is 0 Å². The Kier molecular flexibility index (Phi) is 6.01. The van der Waals surface area contributed by atoms with E-state index in [0.717, 1.165) is 13.1 Å². The van der Waals surface area contributed by atoms with Gasteiger partial charge in [-0.15, -0.1) is 0 Å². The minimum absolute atomic E-state index is 0.658. The lowest BCUT2D eigenvalue weighted by molar-refractivity contribution is 0.261. The highest BCUT2D eigenvalue weighted by atomic mass is 32.2. The lowest BCUT2D eigenvalue weighted by Gasteiger charge is -2.23. The lowest BCUT2D eigenvalue weighted by atomic mass is 10.3. The molecule has 0 aromatic carbocycles. The van der Waals surface area contributed by atoms with Gasteiger partial charge in [0.15, 0.2) is 0 Å². The van der Waals surface area contributed by atoms with E-state index in [-0.39, 0.29) is 0 Å². The molecule has 0 aliphatic carbocycles. The largest absolute Gasteiger partial charge is 0.303 e. The highest BCUT2D eigenvalue weighted by Gasteiger charge is 2.03. The van der Waals surface area contributed by atoms with Crippen LogP contribution < -0.4 is 0 Å². The second kappa shape index (κ2) is 5.86. The second-order valence-corrected chi connectivity index (χ2v) is 4.10. The van der Waals surface area contributed by atoms with Crippen LogP contribution in [0.25, 0.3) is 0 Å². The van der Waals surface area contributed by atoms with Gasteiger partial charge in [-0.2, -0.15) is 0 Å².